The molecule has 0 saturated carbocycles. The first-order valence-corrected chi connectivity index (χ1v) is 9.82. The summed E-state index contributed by atoms with van der Waals surface area (Å²) in [6, 6.07) is 19.2. The molecule has 0 N–H and O–H groups in total. The predicted molar refractivity (Wildman–Crippen MR) is 97.7 cm³/mol. The van der Waals surface area contributed by atoms with E-state index in [1.165, 1.54) is 10.4 Å². The van der Waals surface area contributed by atoms with Crippen molar-refractivity contribution in [1.82, 2.24) is 4.31 Å². The van der Waals surface area contributed by atoms with E-state index in [1.54, 1.807) is 30.3 Å². The maximum absolute atomic E-state index is 13.6. The van der Waals surface area contributed by atoms with Crippen LogP contribution < -0.4 is 0 Å². The molecule has 134 valence electrons. The Morgan fingerprint density at radius 2 is 1.65 bits per heavy atom. The summed E-state index contributed by atoms with van der Waals surface area (Å²) in [5, 5.41) is 1.89. The molecule has 1 aliphatic heterocycles. The van der Waals surface area contributed by atoms with Gasteiger partial charge in [0.15, 0.2) is 0 Å². The molecule has 0 spiro atoms. The number of sulfonamides is 1. The van der Waals surface area contributed by atoms with E-state index in [9.17, 15) is 12.8 Å². The molecule has 4 rings (SSSR count). The minimum Gasteiger partial charge on any atom is -0.371 e. The summed E-state index contributed by atoms with van der Waals surface area (Å²) < 4.78 is 46.1. The summed E-state index contributed by atoms with van der Waals surface area (Å²) in [7, 11) is -3.54. The van der Waals surface area contributed by atoms with Crippen LogP contribution >= 0.6 is 0 Å². The zero-order valence-electron chi connectivity index (χ0n) is 14.0. The number of hydrogen-bond donors (Lipinski definition) is 0. The van der Waals surface area contributed by atoms with Gasteiger partial charge >= 0.3 is 0 Å². The smallest absolute Gasteiger partial charge is 0.243 e. The van der Waals surface area contributed by atoms with Crippen LogP contribution in [0.4, 0.5) is 4.39 Å². The van der Waals surface area contributed by atoms with Crippen LogP contribution in [0.2, 0.25) is 0 Å². The molecule has 1 fully saturated rings. The third-order valence-electron chi connectivity index (χ3n) is 4.61. The largest absolute Gasteiger partial charge is 0.371 e. The predicted octanol–water partition coefficient (Wildman–Crippen LogP) is 3.57. The van der Waals surface area contributed by atoms with Gasteiger partial charge in [0, 0.05) is 18.7 Å². The molecular formula is C20H18FNO3S. The second-order valence-electron chi connectivity index (χ2n) is 6.36. The lowest BCUT2D eigenvalue weighted by Gasteiger charge is -2.37. The van der Waals surface area contributed by atoms with Gasteiger partial charge in [0.05, 0.1) is 17.6 Å². The van der Waals surface area contributed by atoms with Crippen LogP contribution in [0.25, 0.3) is 10.8 Å². The van der Waals surface area contributed by atoms with Crippen molar-refractivity contribution in [2.45, 2.75) is 17.6 Å². The second kappa shape index (κ2) is 6.79. The third-order valence-corrected chi connectivity index (χ3v) is 6.43. The Morgan fingerprint density at radius 3 is 2.42 bits per heavy atom. The molecule has 0 radical (unpaired) electrons. The third kappa shape index (κ3) is 3.23. The van der Waals surface area contributed by atoms with E-state index in [0.717, 1.165) is 10.8 Å². The van der Waals surface area contributed by atoms with Gasteiger partial charge in [0.1, 0.15) is 5.82 Å². The normalized spacial score (nSPS) is 15.9. The van der Waals surface area contributed by atoms with Crippen molar-refractivity contribution >= 4 is 20.8 Å². The lowest BCUT2D eigenvalue weighted by Crippen LogP contribution is -2.54. The highest BCUT2D eigenvalue weighted by Crippen LogP contribution is 2.26. The molecule has 1 saturated heterocycles. The van der Waals surface area contributed by atoms with Crippen molar-refractivity contribution in [3.63, 3.8) is 0 Å². The summed E-state index contributed by atoms with van der Waals surface area (Å²) in [5.74, 6) is -0.313. The van der Waals surface area contributed by atoms with Gasteiger partial charge < -0.3 is 4.74 Å². The van der Waals surface area contributed by atoms with Crippen LogP contribution in [0.3, 0.4) is 0 Å². The van der Waals surface area contributed by atoms with Gasteiger partial charge in [-0.3, -0.25) is 0 Å². The molecule has 0 bridgehead atoms. The second-order valence-corrected chi connectivity index (χ2v) is 8.29. The number of hydrogen-bond acceptors (Lipinski definition) is 3. The van der Waals surface area contributed by atoms with Crippen molar-refractivity contribution in [3.05, 3.63) is 78.1 Å². The zero-order chi connectivity index (χ0) is 18.1. The first-order chi connectivity index (χ1) is 12.5. The van der Waals surface area contributed by atoms with Gasteiger partial charge in [-0.2, -0.15) is 4.31 Å². The van der Waals surface area contributed by atoms with Gasteiger partial charge in [-0.25, -0.2) is 12.8 Å². The number of benzene rings is 3. The maximum Gasteiger partial charge on any atom is 0.243 e. The van der Waals surface area contributed by atoms with E-state index in [-0.39, 0.29) is 36.5 Å². The van der Waals surface area contributed by atoms with Crippen molar-refractivity contribution in [3.8, 4) is 0 Å². The summed E-state index contributed by atoms with van der Waals surface area (Å²) >= 11 is 0. The molecule has 26 heavy (non-hydrogen) atoms. The zero-order valence-corrected chi connectivity index (χ0v) is 14.8. The lowest BCUT2D eigenvalue weighted by molar-refractivity contribution is -0.0304. The van der Waals surface area contributed by atoms with Crippen LogP contribution in [0, 0.1) is 5.82 Å². The molecule has 0 atom stereocenters. The fraction of sp³-hybridized carbons (Fsp3) is 0.200. The summed E-state index contributed by atoms with van der Waals surface area (Å²) in [5.41, 5.74) is 0.475. The number of halogens is 1. The van der Waals surface area contributed by atoms with Crippen LogP contribution in [-0.2, 0) is 21.4 Å². The Bertz CT molecular complexity index is 1050. The first kappa shape index (κ1) is 17.1. The van der Waals surface area contributed by atoms with E-state index in [0.29, 0.717) is 5.56 Å². The van der Waals surface area contributed by atoms with Crippen molar-refractivity contribution in [2.24, 2.45) is 0 Å². The van der Waals surface area contributed by atoms with Crippen molar-refractivity contribution < 1.29 is 17.5 Å². The first-order valence-electron chi connectivity index (χ1n) is 8.38. The highest BCUT2D eigenvalue weighted by Gasteiger charge is 2.37. The highest BCUT2D eigenvalue weighted by atomic mass is 32.2. The molecule has 1 aliphatic rings. The monoisotopic (exact) mass is 371 g/mol. The Balaban J connectivity index is 1.41. The fourth-order valence-corrected chi connectivity index (χ4v) is 4.54. The van der Waals surface area contributed by atoms with Gasteiger partial charge in [-0.15, -0.1) is 0 Å². The van der Waals surface area contributed by atoms with Crippen LogP contribution in [0.5, 0.6) is 0 Å². The van der Waals surface area contributed by atoms with Gasteiger partial charge in [-0.1, -0.05) is 48.5 Å². The van der Waals surface area contributed by atoms with E-state index >= 15 is 0 Å². The molecular weight excluding hydrogens is 353 g/mol. The number of fused-ring (bicyclic) bond motifs is 1. The Labute approximate surface area is 151 Å². The number of rotatable bonds is 5. The average Bonchev–Trinajstić information content (AvgIpc) is 2.61. The highest BCUT2D eigenvalue weighted by molar-refractivity contribution is 7.89. The van der Waals surface area contributed by atoms with E-state index < -0.39 is 10.0 Å². The van der Waals surface area contributed by atoms with Crippen molar-refractivity contribution in [1.29, 1.82) is 0 Å². The Morgan fingerprint density at radius 1 is 0.962 bits per heavy atom. The minimum atomic E-state index is -3.54. The molecule has 0 aromatic heterocycles. The van der Waals surface area contributed by atoms with Gasteiger partial charge in [0.2, 0.25) is 10.0 Å². The molecule has 6 heteroatoms. The van der Waals surface area contributed by atoms with E-state index in [4.69, 9.17) is 4.74 Å². The summed E-state index contributed by atoms with van der Waals surface area (Å²) in [4.78, 5) is 0.281. The maximum atomic E-state index is 13.6. The Hall–Kier alpha value is -2.28. The molecule has 0 amide bonds. The Kier molecular flexibility index (Phi) is 4.48. The van der Waals surface area contributed by atoms with Crippen molar-refractivity contribution in [2.75, 3.05) is 13.1 Å². The number of ether oxygens (including phenoxy) is 1. The molecule has 3 aromatic rings. The lowest BCUT2D eigenvalue weighted by atomic mass is 10.1. The van der Waals surface area contributed by atoms with E-state index in [2.05, 4.69) is 0 Å². The fourth-order valence-electron chi connectivity index (χ4n) is 3.00. The average molecular weight is 371 g/mol. The molecule has 0 unspecified atom stereocenters. The van der Waals surface area contributed by atoms with Gasteiger partial charge in [0.25, 0.3) is 0 Å². The van der Waals surface area contributed by atoms with Crippen LogP contribution in [-0.4, -0.2) is 31.9 Å². The topological polar surface area (TPSA) is 46.6 Å². The van der Waals surface area contributed by atoms with Crippen LogP contribution in [0.1, 0.15) is 5.56 Å². The summed E-state index contributed by atoms with van der Waals surface area (Å²) in [6.07, 6.45) is -0.218. The standard InChI is InChI=1S/C20H18FNO3S/c21-20-8-4-3-7-17(20)14-25-18-12-22(13-18)26(23,24)19-10-9-15-5-1-2-6-16(15)11-19/h1-11,18H,12-14H2. The minimum absolute atomic E-state index is 0.140. The molecule has 0 aliphatic carbocycles. The van der Waals surface area contributed by atoms with Gasteiger partial charge in [-0.05, 0) is 29.0 Å². The molecule has 3 aromatic carbocycles. The van der Waals surface area contributed by atoms with E-state index in [1.807, 2.05) is 30.3 Å². The molecule has 1 heterocycles. The van der Waals surface area contributed by atoms with Crippen LogP contribution in [0.15, 0.2) is 71.6 Å². The summed E-state index contributed by atoms with van der Waals surface area (Å²) in [6.45, 7) is 0.703. The molecule has 4 nitrogen and oxygen atoms in total. The quantitative estimate of drug-likeness (QED) is 0.689. The SMILES string of the molecule is O=S(=O)(c1ccc2ccccc2c1)N1CC(OCc2ccccc2F)C1. The number of nitrogens with zero attached hydrogens (tertiary/aromatic N) is 1.